The van der Waals surface area contributed by atoms with Crippen LogP contribution in [-0.4, -0.2) is 9.55 Å². The molecule has 0 amide bonds. The van der Waals surface area contributed by atoms with E-state index in [1.165, 1.54) is 7.05 Å². The van der Waals surface area contributed by atoms with E-state index in [0.717, 1.165) is 15.3 Å². The van der Waals surface area contributed by atoms with E-state index in [4.69, 9.17) is 0 Å². The fourth-order valence-corrected chi connectivity index (χ4v) is 2.13. The molecule has 0 radical (unpaired) electrons. The monoisotopic (exact) mass is 250 g/mol. The molecular formula is C13H9F3N2. The van der Waals surface area contributed by atoms with Gasteiger partial charge in [0.05, 0.1) is 11.0 Å². The molecule has 0 aliphatic carbocycles. The Hall–Kier alpha value is -2.04. The maximum Gasteiger partial charge on any atom is 0.449 e. The van der Waals surface area contributed by atoms with E-state index in [1.54, 1.807) is 12.1 Å². The Morgan fingerprint density at radius 1 is 1.06 bits per heavy atom. The topological polar surface area (TPSA) is 17.8 Å². The summed E-state index contributed by atoms with van der Waals surface area (Å²) in [5.41, 5.74) is 0.851. The molecule has 0 spiro atoms. The summed E-state index contributed by atoms with van der Waals surface area (Å²) in [5, 5.41) is 1.79. The highest BCUT2D eigenvalue weighted by Crippen LogP contribution is 2.32. The molecule has 0 N–H and O–H groups in total. The third kappa shape index (κ3) is 1.54. The van der Waals surface area contributed by atoms with Crippen molar-refractivity contribution in [3.63, 3.8) is 0 Å². The summed E-state index contributed by atoms with van der Waals surface area (Å²) in [6.45, 7) is 0. The Balaban J connectivity index is 2.40. The van der Waals surface area contributed by atoms with Gasteiger partial charge in [-0.15, -0.1) is 0 Å². The van der Waals surface area contributed by atoms with Crippen LogP contribution < -0.4 is 0 Å². The molecule has 0 saturated carbocycles. The Morgan fingerprint density at radius 2 is 1.67 bits per heavy atom. The van der Waals surface area contributed by atoms with Crippen LogP contribution >= 0.6 is 0 Å². The number of nitrogens with zero attached hydrogens (tertiary/aromatic N) is 2. The minimum Gasteiger partial charge on any atom is -0.323 e. The van der Waals surface area contributed by atoms with Gasteiger partial charge in [0.2, 0.25) is 5.82 Å². The smallest absolute Gasteiger partial charge is 0.323 e. The fourth-order valence-electron chi connectivity index (χ4n) is 2.13. The van der Waals surface area contributed by atoms with E-state index in [0.29, 0.717) is 11.0 Å². The van der Waals surface area contributed by atoms with Crippen molar-refractivity contribution in [2.75, 3.05) is 0 Å². The van der Waals surface area contributed by atoms with Gasteiger partial charge in [0, 0.05) is 7.05 Å². The summed E-state index contributed by atoms with van der Waals surface area (Å²) >= 11 is 0. The first kappa shape index (κ1) is 11.1. The largest absolute Gasteiger partial charge is 0.449 e. The average molecular weight is 250 g/mol. The molecule has 18 heavy (non-hydrogen) atoms. The van der Waals surface area contributed by atoms with Crippen molar-refractivity contribution < 1.29 is 13.2 Å². The van der Waals surface area contributed by atoms with Gasteiger partial charge in [0.25, 0.3) is 0 Å². The predicted molar refractivity (Wildman–Crippen MR) is 63.2 cm³/mol. The molecule has 0 fully saturated rings. The Kier molecular flexibility index (Phi) is 2.14. The van der Waals surface area contributed by atoms with E-state index < -0.39 is 12.0 Å². The van der Waals surface area contributed by atoms with Crippen LogP contribution in [0.3, 0.4) is 0 Å². The van der Waals surface area contributed by atoms with Crippen LogP contribution in [0.5, 0.6) is 0 Å². The molecule has 0 unspecified atom stereocenters. The zero-order chi connectivity index (χ0) is 12.9. The molecule has 92 valence electrons. The van der Waals surface area contributed by atoms with Crippen LogP contribution in [0.1, 0.15) is 5.82 Å². The predicted octanol–water partition coefficient (Wildman–Crippen LogP) is 3.75. The molecule has 3 aromatic rings. The molecule has 3 rings (SSSR count). The summed E-state index contributed by atoms with van der Waals surface area (Å²) in [6, 6.07) is 10.8. The van der Waals surface area contributed by atoms with Gasteiger partial charge in [-0.3, -0.25) is 0 Å². The van der Waals surface area contributed by atoms with E-state index in [1.807, 2.05) is 24.3 Å². The second kappa shape index (κ2) is 3.48. The number of imidazole rings is 1. The minimum atomic E-state index is -4.43. The van der Waals surface area contributed by atoms with Crippen molar-refractivity contribution in [3.05, 3.63) is 42.2 Å². The third-order valence-corrected chi connectivity index (χ3v) is 3.00. The number of hydrogen-bond donors (Lipinski definition) is 0. The maximum absolute atomic E-state index is 12.8. The summed E-state index contributed by atoms with van der Waals surface area (Å²) < 4.78 is 39.3. The van der Waals surface area contributed by atoms with Crippen molar-refractivity contribution in [2.24, 2.45) is 7.05 Å². The number of halogens is 3. The molecule has 0 aliphatic heterocycles. The van der Waals surface area contributed by atoms with Gasteiger partial charge < -0.3 is 4.57 Å². The van der Waals surface area contributed by atoms with Crippen LogP contribution in [0.25, 0.3) is 21.8 Å². The zero-order valence-corrected chi connectivity index (χ0v) is 9.49. The maximum atomic E-state index is 12.8. The highest BCUT2D eigenvalue weighted by atomic mass is 19.4. The molecule has 2 nitrogen and oxygen atoms in total. The van der Waals surface area contributed by atoms with Gasteiger partial charge in [0.1, 0.15) is 0 Å². The van der Waals surface area contributed by atoms with Gasteiger partial charge in [-0.2, -0.15) is 13.2 Å². The van der Waals surface area contributed by atoms with Gasteiger partial charge in [-0.05, 0) is 22.9 Å². The van der Waals surface area contributed by atoms with E-state index in [9.17, 15) is 13.2 Å². The number of hydrogen-bond acceptors (Lipinski definition) is 1. The van der Waals surface area contributed by atoms with Crippen molar-refractivity contribution >= 4 is 21.8 Å². The van der Waals surface area contributed by atoms with Crippen LogP contribution in [-0.2, 0) is 13.2 Å². The van der Waals surface area contributed by atoms with Crippen LogP contribution in [0.15, 0.2) is 36.4 Å². The number of fused-ring (bicyclic) bond motifs is 2. The Bertz CT molecular complexity index is 741. The number of alkyl halides is 3. The van der Waals surface area contributed by atoms with Crippen molar-refractivity contribution in [1.82, 2.24) is 9.55 Å². The highest BCUT2D eigenvalue weighted by molar-refractivity contribution is 5.95. The Labute approximate surface area is 101 Å². The molecule has 0 aliphatic rings. The van der Waals surface area contributed by atoms with Gasteiger partial charge >= 0.3 is 6.18 Å². The van der Waals surface area contributed by atoms with Crippen molar-refractivity contribution in [3.8, 4) is 0 Å². The minimum absolute atomic E-state index is 0.364. The van der Waals surface area contributed by atoms with Crippen LogP contribution in [0.4, 0.5) is 13.2 Å². The summed E-state index contributed by atoms with van der Waals surface area (Å²) in [4.78, 5) is 3.67. The second-order valence-electron chi connectivity index (χ2n) is 4.18. The number of benzene rings is 2. The first-order chi connectivity index (χ1) is 8.47. The summed E-state index contributed by atoms with van der Waals surface area (Å²) in [6.07, 6.45) is -4.43. The van der Waals surface area contributed by atoms with E-state index in [2.05, 4.69) is 4.98 Å². The third-order valence-electron chi connectivity index (χ3n) is 3.00. The number of rotatable bonds is 0. The molecule has 0 saturated heterocycles. The van der Waals surface area contributed by atoms with Gasteiger partial charge in [-0.25, -0.2) is 4.98 Å². The van der Waals surface area contributed by atoms with Crippen molar-refractivity contribution in [1.29, 1.82) is 0 Å². The first-order valence-electron chi connectivity index (χ1n) is 5.39. The number of aryl methyl sites for hydroxylation is 1. The van der Waals surface area contributed by atoms with Gasteiger partial charge in [-0.1, -0.05) is 24.3 Å². The van der Waals surface area contributed by atoms with E-state index in [-0.39, 0.29) is 0 Å². The second-order valence-corrected chi connectivity index (χ2v) is 4.18. The van der Waals surface area contributed by atoms with E-state index >= 15 is 0 Å². The molecular weight excluding hydrogens is 241 g/mol. The molecule has 0 bridgehead atoms. The number of aromatic nitrogens is 2. The van der Waals surface area contributed by atoms with Crippen molar-refractivity contribution in [2.45, 2.75) is 6.18 Å². The molecule has 0 atom stereocenters. The lowest BCUT2D eigenvalue weighted by atomic mass is 10.1. The molecule has 5 heteroatoms. The molecule has 1 heterocycles. The zero-order valence-electron chi connectivity index (χ0n) is 9.49. The lowest BCUT2D eigenvalue weighted by molar-refractivity contribution is -0.146. The average Bonchev–Trinajstić information content (AvgIpc) is 2.64. The molecule has 2 aromatic carbocycles. The first-order valence-corrected chi connectivity index (χ1v) is 5.39. The summed E-state index contributed by atoms with van der Waals surface area (Å²) in [7, 11) is 1.38. The van der Waals surface area contributed by atoms with Crippen LogP contribution in [0, 0.1) is 0 Å². The quantitative estimate of drug-likeness (QED) is 0.594. The van der Waals surface area contributed by atoms with Crippen LogP contribution in [0.2, 0.25) is 0 Å². The SMILES string of the molecule is Cn1c(C(F)(F)F)nc2cc3ccccc3cc21. The lowest BCUT2D eigenvalue weighted by Gasteiger charge is -2.05. The standard InChI is InChI=1S/C13H9F3N2/c1-18-11-7-9-5-3-2-4-8(9)6-10(11)17-12(18)13(14,15)16/h2-7H,1H3. The molecule has 1 aromatic heterocycles. The highest BCUT2D eigenvalue weighted by Gasteiger charge is 2.36. The summed E-state index contributed by atoms with van der Waals surface area (Å²) in [5.74, 6) is -0.868. The normalized spacial score (nSPS) is 12.4. The van der Waals surface area contributed by atoms with Gasteiger partial charge in [0.15, 0.2) is 0 Å². The fraction of sp³-hybridized carbons (Fsp3) is 0.154. The Morgan fingerprint density at radius 3 is 2.28 bits per heavy atom. The lowest BCUT2D eigenvalue weighted by Crippen LogP contribution is -2.12.